The first-order chi connectivity index (χ1) is 8.20. The molecule has 5 heteroatoms. The van der Waals surface area contributed by atoms with Crippen LogP contribution in [0.5, 0.6) is 0 Å². The van der Waals surface area contributed by atoms with E-state index in [4.69, 9.17) is 9.47 Å². The number of hydrogen-bond donors (Lipinski definition) is 0. The molecule has 0 amide bonds. The molecule has 0 bridgehead atoms. The lowest BCUT2D eigenvalue weighted by atomic mass is 10.4. The quantitative estimate of drug-likeness (QED) is 0.389. The fraction of sp³-hybridized carbons (Fsp3) is 0.667. The van der Waals surface area contributed by atoms with Gasteiger partial charge in [0.2, 0.25) is 0 Å². The molecule has 0 spiro atoms. The molecule has 0 saturated heterocycles. The third-order valence-electron chi connectivity index (χ3n) is 2.49. The fourth-order valence-corrected chi connectivity index (χ4v) is 3.64. The van der Waals surface area contributed by atoms with Crippen LogP contribution in [0.4, 0.5) is 0 Å². The van der Waals surface area contributed by atoms with Crippen LogP contribution >= 0.6 is 27.7 Å². The Kier molecular flexibility index (Phi) is 7.27. The van der Waals surface area contributed by atoms with Gasteiger partial charge >= 0.3 is 0 Å². The van der Waals surface area contributed by atoms with Gasteiger partial charge in [0.1, 0.15) is 4.28 Å². The molecule has 0 N–H and O–H groups in total. The molecule has 1 aliphatic heterocycles. The van der Waals surface area contributed by atoms with E-state index in [0.717, 1.165) is 19.8 Å². The summed E-state index contributed by atoms with van der Waals surface area (Å²) in [5.74, 6) is 0. The summed E-state index contributed by atoms with van der Waals surface area (Å²) >= 11 is 5.42. The van der Waals surface area contributed by atoms with Crippen LogP contribution in [0.15, 0.2) is 23.3 Å². The predicted octanol–water partition coefficient (Wildman–Crippen LogP) is 3.18. The first-order valence-corrected chi connectivity index (χ1v) is 7.56. The van der Waals surface area contributed by atoms with Crippen molar-refractivity contribution in [1.29, 1.82) is 0 Å². The van der Waals surface area contributed by atoms with Gasteiger partial charge in [-0.1, -0.05) is 40.3 Å². The van der Waals surface area contributed by atoms with Crippen molar-refractivity contribution in [3.8, 4) is 0 Å². The molecular weight excluding hydrogens is 302 g/mol. The molecule has 0 aliphatic carbocycles. The molecule has 0 saturated carbocycles. The van der Waals surface area contributed by atoms with Crippen molar-refractivity contribution in [3.05, 3.63) is 23.3 Å². The summed E-state index contributed by atoms with van der Waals surface area (Å²) in [4.78, 5) is 3.52. The zero-order valence-electron chi connectivity index (χ0n) is 10.4. The maximum absolute atomic E-state index is 5.52. The van der Waals surface area contributed by atoms with E-state index in [1.54, 1.807) is 11.8 Å². The minimum atomic E-state index is 0.297. The maximum Gasteiger partial charge on any atom is 0.136 e. The Labute approximate surface area is 116 Å². The molecule has 0 radical (unpaired) electrons. The summed E-state index contributed by atoms with van der Waals surface area (Å²) in [5.41, 5.74) is 1.26. The summed E-state index contributed by atoms with van der Waals surface area (Å²) in [6.07, 6.45) is 1.91. The molecular formula is C12H20BrNO2S. The Morgan fingerprint density at radius 1 is 1.41 bits per heavy atom. The van der Waals surface area contributed by atoms with Gasteiger partial charge in [-0.15, -0.1) is 0 Å². The highest BCUT2D eigenvalue weighted by atomic mass is 79.9. The van der Waals surface area contributed by atoms with E-state index in [9.17, 15) is 0 Å². The number of nitrogens with zero attached hydrogens (tertiary/aromatic N) is 1. The zero-order chi connectivity index (χ0) is 12.7. The highest BCUT2D eigenvalue weighted by Crippen LogP contribution is 2.40. The van der Waals surface area contributed by atoms with Gasteiger partial charge in [-0.2, -0.15) is 0 Å². The topological polar surface area (TPSA) is 21.7 Å². The fourth-order valence-electron chi connectivity index (χ4n) is 1.54. The van der Waals surface area contributed by atoms with Crippen molar-refractivity contribution in [2.75, 3.05) is 33.0 Å². The Balaban J connectivity index is 2.22. The van der Waals surface area contributed by atoms with Crippen molar-refractivity contribution in [3.63, 3.8) is 0 Å². The van der Waals surface area contributed by atoms with Crippen molar-refractivity contribution >= 4 is 27.7 Å². The molecule has 1 atom stereocenters. The van der Waals surface area contributed by atoms with Crippen molar-refractivity contribution in [2.45, 2.75) is 18.1 Å². The molecule has 17 heavy (non-hydrogen) atoms. The van der Waals surface area contributed by atoms with Crippen LogP contribution in [0.25, 0.3) is 0 Å². The number of rotatable bonds is 8. The van der Waals surface area contributed by atoms with E-state index in [-0.39, 0.29) is 0 Å². The van der Waals surface area contributed by atoms with Gasteiger partial charge in [0, 0.05) is 23.8 Å². The molecule has 0 aromatic heterocycles. The van der Waals surface area contributed by atoms with Gasteiger partial charge in [0.25, 0.3) is 0 Å². The van der Waals surface area contributed by atoms with Gasteiger partial charge in [-0.3, -0.25) is 0 Å². The van der Waals surface area contributed by atoms with Gasteiger partial charge in [-0.05, 0) is 13.8 Å². The number of allylic oxidation sites excluding steroid dienone is 2. The van der Waals surface area contributed by atoms with E-state index < -0.39 is 0 Å². The van der Waals surface area contributed by atoms with Crippen LogP contribution in [0.2, 0.25) is 0 Å². The average Bonchev–Trinajstić information content (AvgIpc) is 2.60. The van der Waals surface area contributed by atoms with Gasteiger partial charge in [-0.25, -0.2) is 0 Å². The minimum absolute atomic E-state index is 0.297. The van der Waals surface area contributed by atoms with Crippen LogP contribution < -0.4 is 0 Å². The maximum atomic E-state index is 5.52. The SMILES string of the molecule is C=CC1=C(C)N(CCOCCOCC)C(Br)S1. The summed E-state index contributed by atoms with van der Waals surface area (Å²) in [5, 5.41) is 0. The molecule has 98 valence electrons. The number of thioether (sulfide) groups is 1. The first-order valence-electron chi connectivity index (χ1n) is 5.76. The monoisotopic (exact) mass is 321 g/mol. The van der Waals surface area contributed by atoms with E-state index in [0.29, 0.717) is 17.5 Å². The lowest BCUT2D eigenvalue weighted by molar-refractivity contribution is 0.0472. The molecule has 1 rings (SSSR count). The summed E-state index contributed by atoms with van der Waals surface area (Å²) in [6.45, 7) is 11.6. The number of alkyl halides is 1. The van der Waals surface area contributed by atoms with Crippen molar-refractivity contribution < 1.29 is 9.47 Å². The third kappa shape index (κ3) is 4.66. The second-order valence-corrected chi connectivity index (χ2v) is 6.16. The summed E-state index contributed by atoms with van der Waals surface area (Å²) in [7, 11) is 0. The molecule has 0 fully saturated rings. The second kappa shape index (κ2) is 8.19. The molecule has 1 aliphatic rings. The molecule has 1 unspecified atom stereocenters. The Hall–Kier alpha value is 0.0300. The van der Waals surface area contributed by atoms with Crippen molar-refractivity contribution in [1.82, 2.24) is 4.90 Å². The minimum Gasteiger partial charge on any atom is -0.379 e. The normalized spacial score (nSPS) is 20.2. The third-order valence-corrected chi connectivity index (χ3v) is 4.71. The lowest BCUT2D eigenvalue weighted by Crippen LogP contribution is -2.27. The molecule has 1 heterocycles. The average molecular weight is 322 g/mol. The van der Waals surface area contributed by atoms with Crippen LogP contribution in [0.3, 0.4) is 0 Å². The predicted molar refractivity (Wildman–Crippen MR) is 77.2 cm³/mol. The van der Waals surface area contributed by atoms with E-state index in [1.807, 2.05) is 13.0 Å². The Morgan fingerprint density at radius 2 is 2.12 bits per heavy atom. The Bertz CT molecular complexity index is 284. The van der Waals surface area contributed by atoms with Crippen LogP contribution in [0, 0.1) is 0 Å². The standard InChI is InChI=1S/C12H20BrNO2S/c1-4-11-10(3)14(12(13)17-11)6-7-16-9-8-15-5-2/h4,12H,1,5-9H2,2-3H3. The lowest BCUT2D eigenvalue weighted by Gasteiger charge is -2.23. The molecule has 0 aromatic rings. The first kappa shape index (κ1) is 15.1. The smallest absolute Gasteiger partial charge is 0.136 e. The zero-order valence-corrected chi connectivity index (χ0v) is 12.8. The molecule has 0 aromatic carbocycles. The number of halogens is 1. The van der Waals surface area contributed by atoms with Gasteiger partial charge in [0.15, 0.2) is 0 Å². The van der Waals surface area contributed by atoms with Crippen molar-refractivity contribution in [2.24, 2.45) is 0 Å². The Morgan fingerprint density at radius 3 is 2.71 bits per heavy atom. The highest BCUT2D eigenvalue weighted by Gasteiger charge is 2.26. The van der Waals surface area contributed by atoms with Crippen LogP contribution in [-0.2, 0) is 9.47 Å². The summed E-state index contributed by atoms with van der Waals surface area (Å²) < 4.78 is 11.0. The summed E-state index contributed by atoms with van der Waals surface area (Å²) in [6, 6.07) is 0. The second-order valence-electron chi connectivity index (χ2n) is 3.57. The molecule has 3 nitrogen and oxygen atoms in total. The van der Waals surface area contributed by atoms with E-state index in [2.05, 4.69) is 34.3 Å². The number of ether oxygens (including phenoxy) is 2. The largest absolute Gasteiger partial charge is 0.379 e. The van der Waals surface area contributed by atoms with Gasteiger partial charge < -0.3 is 14.4 Å². The van der Waals surface area contributed by atoms with Gasteiger partial charge in [0.05, 0.1) is 19.8 Å². The highest BCUT2D eigenvalue weighted by molar-refractivity contribution is 9.11. The van der Waals surface area contributed by atoms with Crippen LogP contribution in [0.1, 0.15) is 13.8 Å². The van der Waals surface area contributed by atoms with E-state index in [1.165, 1.54) is 10.6 Å². The van der Waals surface area contributed by atoms with Crippen LogP contribution in [-0.4, -0.2) is 42.2 Å². The van der Waals surface area contributed by atoms with E-state index >= 15 is 0 Å². The number of hydrogen-bond acceptors (Lipinski definition) is 4.